The molecule has 4 rings (SSSR count). The fourth-order valence-corrected chi connectivity index (χ4v) is 3.34. The second-order valence-electron chi connectivity index (χ2n) is 5.94. The highest BCUT2D eigenvalue weighted by Crippen LogP contribution is 2.24. The van der Waals surface area contributed by atoms with E-state index in [1.807, 2.05) is 55.7 Å². The largest absolute Gasteiger partial charge is 0.292 e. The molecule has 1 fully saturated rings. The predicted molar refractivity (Wildman–Crippen MR) is 99.8 cm³/mol. The first-order valence-corrected chi connectivity index (χ1v) is 9.09. The number of aromatic nitrogens is 6. The SMILES string of the molecule is Cc1cc(C)nc(N2N/C(=C\Sc3nnnn3-c3ccccc3)CC2=O)n1. The zero-order valence-electron chi connectivity index (χ0n) is 14.7. The molecule has 0 bridgehead atoms. The van der Waals surface area contributed by atoms with Gasteiger partial charge in [-0.1, -0.05) is 30.0 Å². The number of hydrogen-bond acceptors (Lipinski definition) is 8. The number of para-hydroxylation sites is 1. The van der Waals surface area contributed by atoms with Crippen molar-refractivity contribution in [2.24, 2.45) is 0 Å². The summed E-state index contributed by atoms with van der Waals surface area (Å²) in [6.45, 7) is 3.74. The lowest BCUT2D eigenvalue weighted by Crippen LogP contribution is -2.35. The number of amides is 1. The molecule has 0 saturated carbocycles. The van der Waals surface area contributed by atoms with Crippen LogP contribution in [-0.4, -0.2) is 36.1 Å². The van der Waals surface area contributed by atoms with Crippen molar-refractivity contribution in [3.8, 4) is 5.69 Å². The average molecular weight is 380 g/mol. The maximum absolute atomic E-state index is 12.3. The first-order chi connectivity index (χ1) is 13.1. The lowest BCUT2D eigenvalue weighted by Gasteiger charge is -2.14. The van der Waals surface area contributed by atoms with Crippen LogP contribution in [0.4, 0.5) is 5.95 Å². The Morgan fingerprint density at radius 1 is 1.15 bits per heavy atom. The van der Waals surface area contributed by atoms with Crippen molar-refractivity contribution in [1.82, 2.24) is 35.6 Å². The Balaban J connectivity index is 1.52. The molecule has 2 aromatic heterocycles. The van der Waals surface area contributed by atoms with Crippen LogP contribution in [0.1, 0.15) is 17.8 Å². The van der Waals surface area contributed by atoms with E-state index in [1.54, 1.807) is 4.68 Å². The third kappa shape index (κ3) is 3.65. The van der Waals surface area contributed by atoms with E-state index in [1.165, 1.54) is 16.8 Å². The van der Waals surface area contributed by atoms with E-state index in [0.717, 1.165) is 22.8 Å². The summed E-state index contributed by atoms with van der Waals surface area (Å²) in [4.78, 5) is 21.0. The van der Waals surface area contributed by atoms with Crippen molar-refractivity contribution in [3.05, 3.63) is 58.9 Å². The third-order valence-corrected chi connectivity index (χ3v) is 4.63. The molecule has 0 aliphatic carbocycles. The number of hydrazine groups is 1. The topological polar surface area (TPSA) is 102 Å². The van der Waals surface area contributed by atoms with E-state index in [9.17, 15) is 4.79 Å². The fourth-order valence-electron chi connectivity index (χ4n) is 2.63. The normalized spacial score (nSPS) is 15.4. The highest BCUT2D eigenvalue weighted by molar-refractivity contribution is 8.02. The van der Waals surface area contributed by atoms with Gasteiger partial charge in [0.2, 0.25) is 5.16 Å². The summed E-state index contributed by atoms with van der Waals surface area (Å²) in [7, 11) is 0. The summed E-state index contributed by atoms with van der Waals surface area (Å²) in [6.07, 6.45) is 0.232. The van der Waals surface area contributed by atoms with Gasteiger partial charge in [-0.3, -0.25) is 10.2 Å². The van der Waals surface area contributed by atoms with Crippen molar-refractivity contribution < 1.29 is 4.79 Å². The van der Waals surface area contributed by atoms with E-state index >= 15 is 0 Å². The molecule has 136 valence electrons. The summed E-state index contributed by atoms with van der Waals surface area (Å²) in [5.74, 6) is 0.231. The first-order valence-electron chi connectivity index (χ1n) is 8.21. The minimum absolute atomic E-state index is 0.116. The van der Waals surface area contributed by atoms with Crippen molar-refractivity contribution in [2.75, 3.05) is 5.01 Å². The molecule has 10 heteroatoms. The smallest absolute Gasteiger partial charge is 0.254 e. The molecule has 0 unspecified atom stereocenters. The number of nitrogens with zero attached hydrogens (tertiary/aromatic N) is 7. The lowest BCUT2D eigenvalue weighted by molar-refractivity contribution is -0.117. The minimum atomic E-state index is -0.116. The molecule has 1 aliphatic rings. The van der Waals surface area contributed by atoms with E-state index in [2.05, 4.69) is 30.9 Å². The zero-order chi connectivity index (χ0) is 18.8. The highest BCUT2D eigenvalue weighted by atomic mass is 32.2. The summed E-state index contributed by atoms with van der Waals surface area (Å²) in [5, 5.41) is 15.6. The van der Waals surface area contributed by atoms with Gasteiger partial charge in [0, 0.05) is 22.5 Å². The Hall–Kier alpha value is -3.27. The van der Waals surface area contributed by atoms with Crippen molar-refractivity contribution in [3.63, 3.8) is 0 Å². The number of aryl methyl sites for hydroxylation is 2. The molecular formula is C17H16N8OS. The van der Waals surface area contributed by atoms with Gasteiger partial charge in [0.1, 0.15) is 0 Å². The Kier molecular flexibility index (Phi) is 4.55. The van der Waals surface area contributed by atoms with Crippen LogP contribution in [0.2, 0.25) is 0 Å². The summed E-state index contributed by atoms with van der Waals surface area (Å²) in [6, 6.07) is 11.5. The number of benzene rings is 1. The van der Waals surface area contributed by atoms with E-state index in [0.29, 0.717) is 11.1 Å². The van der Waals surface area contributed by atoms with Crippen LogP contribution in [0.3, 0.4) is 0 Å². The van der Waals surface area contributed by atoms with Gasteiger partial charge in [0.15, 0.2) is 0 Å². The number of tetrazole rings is 1. The van der Waals surface area contributed by atoms with Gasteiger partial charge in [0.05, 0.1) is 12.1 Å². The standard InChI is InChI=1S/C17H16N8OS/c1-11-8-12(2)19-16(18-11)25-15(26)9-13(21-25)10-27-17-20-22-23-24(17)14-6-4-3-5-7-14/h3-8,10,21H,9H2,1-2H3/b13-10-. The van der Waals surface area contributed by atoms with Crippen LogP contribution in [0.25, 0.3) is 5.69 Å². The third-order valence-electron chi connectivity index (χ3n) is 3.77. The van der Waals surface area contributed by atoms with Crippen LogP contribution in [0, 0.1) is 13.8 Å². The first kappa shape index (κ1) is 17.2. The molecule has 1 saturated heterocycles. The summed E-state index contributed by atoms with van der Waals surface area (Å²) >= 11 is 1.33. The number of carbonyl (C=O) groups is 1. The molecule has 9 nitrogen and oxygen atoms in total. The quantitative estimate of drug-likeness (QED) is 0.685. The van der Waals surface area contributed by atoms with E-state index < -0.39 is 0 Å². The molecule has 27 heavy (non-hydrogen) atoms. The summed E-state index contributed by atoms with van der Waals surface area (Å²) < 4.78 is 1.64. The molecule has 3 aromatic rings. The van der Waals surface area contributed by atoms with Gasteiger partial charge >= 0.3 is 0 Å². The Bertz CT molecular complexity index is 997. The number of rotatable bonds is 4. The van der Waals surface area contributed by atoms with Crippen LogP contribution in [-0.2, 0) is 4.79 Å². The van der Waals surface area contributed by atoms with Crippen LogP contribution < -0.4 is 10.4 Å². The second kappa shape index (κ2) is 7.16. The molecule has 1 aliphatic heterocycles. The van der Waals surface area contributed by atoms with Crippen LogP contribution in [0.15, 0.2) is 52.7 Å². The second-order valence-corrected chi connectivity index (χ2v) is 6.77. The van der Waals surface area contributed by atoms with Gasteiger partial charge in [0.25, 0.3) is 11.9 Å². The molecule has 0 atom stereocenters. The molecule has 1 N–H and O–H groups in total. The van der Waals surface area contributed by atoms with E-state index in [4.69, 9.17) is 0 Å². The highest BCUT2D eigenvalue weighted by Gasteiger charge is 2.28. The van der Waals surface area contributed by atoms with Gasteiger partial charge < -0.3 is 0 Å². The maximum atomic E-state index is 12.3. The number of thioether (sulfide) groups is 1. The summed E-state index contributed by atoms with van der Waals surface area (Å²) in [5.41, 5.74) is 6.26. The minimum Gasteiger partial charge on any atom is -0.292 e. The molecule has 1 aromatic carbocycles. The number of carbonyl (C=O) groups excluding carboxylic acids is 1. The van der Waals surface area contributed by atoms with Crippen LogP contribution >= 0.6 is 11.8 Å². The predicted octanol–water partition coefficient (Wildman–Crippen LogP) is 1.94. The average Bonchev–Trinajstić information content (AvgIpc) is 3.26. The van der Waals surface area contributed by atoms with Crippen molar-refractivity contribution in [2.45, 2.75) is 25.4 Å². The van der Waals surface area contributed by atoms with Gasteiger partial charge in [-0.2, -0.15) is 9.69 Å². The van der Waals surface area contributed by atoms with Gasteiger partial charge in [-0.15, -0.1) is 5.10 Å². The van der Waals surface area contributed by atoms with Crippen molar-refractivity contribution >= 4 is 23.6 Å². The van der Waals surface area contributed by atoms with Crippen molar-refractivity contribution in [1.29, 1.82) is 0 Å². The van der Waals surface area contributed by atoms with Crippen LogP contribution in [0.5, 0.6) is 0 Å². The molecule has 3 heterocycles. The Labute approximate surface area is 159 Å². The number of anilines is 1. The Morgan fingerprint density at radius 2 is 1.89 bits per heavy atom. The fraction of sp³-hybridized carbons (Fsp3) is 0.176. The van der Waals surface area contributed by atoms with Gasteiger partial charge in [-0.05, 0) is 42.5 Å². The number of hydrogen-bond donors (Lipinski definition) is 1. The Morgan fingerprint density at radius 3 is 2.63 bits per heavy atom. The lowest BCUT2D eigenvalue weighted by atomic mass is 10.3. The van der Waals surface area contributed by atoms with Gasteiger partial charge in [-0.25, -0.2) is 9.97 Å². The molecular weight excluding hydrogens is 364 g/mol. The number of nitrogens with one attached hydrogen (secondary N) is 1. The molecule has 1 amide bonds. The zero-order valence-corrected chi connectivity index (χ0v) is 15.5. The maximum Gasteiger partial charge on any atom is 0.254 e. The molecule has 0 radical (unpaired) electrons. The van der Waals surface area contributed by atoms with E-state index in [-0.39, 0.29) is 12.3 Å². The monoisotopic (exact) mass is 380 g/mol. The molecule has 0 spiro atoms.